The van der Waals surface area contributed by atoms with Crippen LogP contribution in [0.3, 0.4) is 0 Å². The van der Waals surface area contributed by atoms with Crippen LogP contribution >= 0.6 is 22.9 Å². The minimum absolute atomic E-state index is 0.000979. The van der Waals surface area contributed by atoms with Crippen LogP contribution in [0.15, 0.2) is 16.7 Å². The summed E-state index contributed by atoms with van der Waals surface area (Å²) in [5.74, 6) is -2.71. The van der Waals surface area contributed by atoms with E-state index in [1.807, 2.05) is 0 Å². The van der Waals surface area contributed by atoms with E-state index in [1.165, 1.54) is 18.7 Å². The Labute approximate surface area is 189 Å². The largest absolute Gasteiger partial charge is 0.461 e. The van der Waals surface area contributed by atoms with Crippen LogP contribution in [0, 0.1) is 0 Å². The first-order valence-corrected chi connectivity index (χ1v) is 10.4. The van der Waals surface area contributed by atoms with Crippen molar-refractivity contribution in [2.45, 2.75) is 19.1 Å². The summed E-state index contributed by atoms with van der Waals surface area (Å²) in [6, 6.07) is -1.09. The zero-order chi connectivity index (χ0) is 23.3. The molecule has 2 atom stereocenters. The number of β-lactam (4-membered cyclic amide) rings is 1. The van der Waals surface area contributed by atoms with Crippen LogP contribution in [0.2, 0.25) is 0 Å². The summed E-state index contributed by atoms with van der Waals surface area (Å²) in [6.07, 6.45) is 0.302. The molecule has 2 aromatic rings. The van der Waals surface area contributed by atoms with Crippen LogP contribution in [0.25, 0.3) is 0 Å². The second-order valence-corrected chi connectivity index (χ2v) is 7.16. The van der Waals surface area contributed by atoms with Gasteiger partial charge in [-0.25, -0.2) is 14.5 Å². The Bertz CT molecular complexity index is 1070. The molecule has 1 saturated heterocycles. The van der Waals surface area contributed by atoms with Gasteiger partial charge in [-0.2, -0.15) is 0 Å². The van der Waals surface area contributed by atoms with Crippen molar-refractivity contribution in [1.29, 1.82) is 0 Å². The number of nitrogens with zero attached hydrogens (tertiary/aromatic N) is 5. The fraction of sp³-hybridized carbons (Fsp3) is 0.375. The number of hydrogen-bond acceptors (Lipinski definition) is 11. The van der Waals surface area contributed by atoms with Gasteiger partial charge in [-0.15, -0.1) is 28.0 Å². The second-order valence-electron chi connectivity index (χ2n) is 6.03. The molecular formula is C16H17ClN8O6S. The van der Waals surface area contributed by atoms with Gasteiger partial charge in [-0.1, -0.05) is 10.4 Å². The molecule has 3 amide bonds. The molecule has 3 heterocycles. The molecule has 0 aliphatic carbocycles. The SMILES string of the molecule is CCOC(=O)c1cnnn1[C@@H]1NC(=O)[C@H]1NC(=O)C(=NOC)c1csc(NC(=O)CCl)n1. The van der Waals surface area contributed by atoms with Gasteiger partial charge < -0.3 is 25.5 Å². The zero-order valence-electron chi connectivity index (χ0n) is 16.7. The summed E-state index contributed by atoms with van der Waals surface area (Å²) in [5.41, 5.74) is -0.137. The van der Waals surface area contributed by atoms with Crippen molar-refractivity contribution in [3.8, 4) is 0 Å². The first-order valence-electron chi connectivity index (χ1n) is 9.01. The highest BCUT2D eigenvalue weighted by Gasteiger charge is 2.45. The van der Waals surface area contributed by atoms with Gasteiger partial charge in [-0.05, 0) is 6.92 Å². The molecule has 1 aliphatic rings. The van der Waals surface area contributed by atoms with Gasteiger partial charge in [0.15, 0.2) is 22.7 Å². The minimum atomic E-state index is -1.09. The van der Waals surface area contributed by atoms with E-state index in [0.29, 0.717) is 0 Å². The number of anilines is 1. The predicted octanol–water partition coefficient (Wildman–Crippen LogP) is -0.747. The highest BCUT2D eigenvalue weighted by molar-refractivity contribution is 7.14. The van der Waals surface area contributed by atoms with Crippen molar-refractivity contribution >= 4 is 57.5 Å². The van der Waals surface area contributed by atoms with Crippen LogP contribution in [-0.4, -0.2) is 75.0 Å². The Morgan fingerprint density at radius 3 is 2.84 bits per heavy atom. The number of hydrogen-bond donors (Lipinski definition) is 3. The van der Waals surface area contributed by atoms with Gasteiger partial charge in [0.05, 0.1) is 12.8 Å². The third-order valence-corrected chi connectivity index (χ3v) is 5.01. The number of oxime groups is 1. The van der Waals surface area contributed by atoms with Crippen molar-refractivity contribution in [2.75, 3.05) is 24.9 Å². The number of alkyl halides is 1. The lowest BCUT2D eigenvalue weighted by Gasteiger charge is -2.36. The molecule has 0 radical (unpaired) electrons. The number of nitrogens with one attached hydrogen (secondary N) is 3. The Hall–Kier alpha value is -3.59. The Morgan fingerprint density at radius 1 is 1.41 bits per heavy atom. The second kappa shape index (κ2) is 10.1. The normalized spacial score (nSPS) is 17.7. The lowest BCUT2D eigenvalue weighted by Crippen LogP contribution is -2.66. The standard InChI is InChI=1S/C16H17ClN8O6S/c1-3-31-15(29)8-5-18-24-25(8)12-11(14(28)22-12)21-13(27)10(23-30-2)7-6-32-16(19-7)20-9(26)4-17/h5-6,11-12H,3-4H2,1-2H3,(H,21,27)(H,22,28)(H,19,20,26)/t11-,12-/m0/s1. The van der Waals surface area contributed by atoms with Crippen LogP contribution in [0.1, 0.15) is 29.3 Å². The quantitative estimate of drug-likeness (QED) is 0.136. The molecule has 3 N–H and O–H groups in total. The average Bonchev–Trinajstić information content (AvgIpc) is 3.43. The molecule has 16 heteroatoms. The van der Waals surface area contributed by atoms with Gasteiger partial charge in [0.25, 0.3) is 5.91 Å². The molecule has 0 aromatic carbocycles. The molecule has 0 saturated carbocycles. The fourth-order valence-corrected chi connectivity index (χ4v) is 3.39. The van der Waals surface area contributed by atoms with E-state index in [1.54, 1.807) is 6.92 Å². The van der Waals surface area contributed by atoms with Gasteiger partial charge in [-0.3, -0.25) is 14.4 Å². The maximum absolute atomic E-state index is 12.8. The summed E-state index contributed by atoms with van der Waals surface area (Å²) >= 11 is 6.49. The molecule has 2 aromatic heterocycles. The van der Waals surface area contributed by atoms with E-state index >= 15 is 0 Å². The number of amides is 3. The fourth-order valence-electron chi connectivity index (χ4n) is 2.61. The number of carbonyl (C=O) groups excluding carboxylic acids is 4. The summed E-state index contributed by atoms with van der Waals surface area (Å²) in [4.78, 5) is 57.2. The van der Waals surface area contributed by atoms with Crippen molar-refractivity contribution in [3.63, 3.8) is 0 Å². The number of carbonyl (C=O) groups is 4. The van der Waals surface area contributed by atoms with Crippen molar-refractivity contribution in [1.82, 2.24) is 30.6 Å². The maximum Gasteiger partial charge on any atom is 0.358 e. The van der Waals surface area contributed by atoms with Gasteiger partial charge in [0.1, 0.15) is 24.7 Å². The Kier molecular flexibility index (Phi) is 7.32. The number of thiazole rings is 1. The Balaban J connectivity index is 1.76. The van der Waals surface area contributed by atoms with Gasteiger partial charge >= 0.3 is 5.97 Å². The molecule has 3 rings (SSSR count). The molecule has 1 fully saturated rings. The van der Waals surface area contributed by atoms with E-state index in [0.717, 1.165) is 16.0 Å². The summed E-state index contributed by atoms with van der Waals surface area (Å²) in [7, 11) is 1.23. The molecular weight excluding hydrogens is 468 g/mol. The van der Waals surface area contributed by atoms with Gasteiger partial charge in [0.2, 0.25) is 11.8 Å². The van der Waals surface area contributed by atoms with E-state index < -0.39 is 35.9 Å². The molecule has 0 unspecified atom stereocenters. The lowest BCUT2D eigenvalue weighted by molar-refractivity contribution is -0.137. The molecule has 14 nitrogen and oxygen atoms in total. The number of rotatable bonds is 9. The van der Waals surface area contributed by atoms with Crippen molar-refractivity contribution in [2.24, 2.45) is 5.16 Å². The van der Waals surface area contributed by atoms with Crippen LogP contribution in [0.4, 0.5) is 5.13 Å². The monoisotopic (exact) mass is 484 g/mol. The number of ether oxygens (including phenoxy) is 1. The average molecular weight is 485 g/mol. The number of halogens is 1. The van der Waals surface area contributed by atoms with Crippen LogP contribution < -0.4 is 16.0 Å². The smallest absolute Gasteiger partial charge is 0.358 e. The van der Waals surface area contributed by atoms with Crippen LogP contribution in [-0.2, 0) is 24.0 Å². The van der Waals surface area contributed by atoms with E-state index in [9.17, 15) is 19.2 Å². The number of esters is 1. The third kappa shape index (κ3) is 4.83. The topological polar surface area (TPSA) is 179 Å². The van der Waals surface area contributed by atoms with E-state index in [-0.39, 0.29) is 34.7 Å². The first kappa shape index (κ1) is 23.1. The maximum atomic E-state index is 12.8. The van der Waals surface area contributed by atoms with E-state index in [4.69, 9.17) is 21.2 Å². The summed E-state index contributed by atoms with van der Waals surface area (Å²) in [5, 5.41) is 20.3. The summed E-state index contributed by atoms with van der Waals surface area (Å²) < 4.78 is 6.07. The van der Waals surface area contributed by atoms with Crippen molar-refractivity contribution in [3.05, 3.63) is 23.0 Å². The minimum Gasteiger partial charge on any atom is -0.461 e. The molecule has 0 bridgehead atoms. The lowest BCUT2D eigenvalue weighted by atomic mass is 10.1. The zero-order valence-corrected chi connectivity index (χ0v) is 18.3. The first-order chi connectivity index (χ1) is 15.4. The summed E-state index contributed by atoms with van der Waals surface area (Å²) in [6.45, 7) is 1.78. The highest BCUT2D eigenvalue weighted by Crippen LogP contribution is 2.21. The van der Waals surface area contributed by atoms with Crippen molar-refractivity contribution < 1.29 is 28.8 Å². The molecule has 170 valence electrons. The molecule has 0 spiro atoms. The Morgan fingerprint density at radius 2 is 2.19 bits per heavy atom. The predicted molar refractivity (Wildman–Crippen MR) is 110 cm³/mol. The molecule has 1 aliphatic heterocycles. The third-order valence-electron chi connectivity index (χ3n) is 4.01. The van der Waals surface area contributed by atoms with Gasteiger partial charge in [0, 0.05) is 5.38 Å². The number of aromatic nitrogens is 4. The highest BCUT2D eigenvalue weighted by atomic mass is 35.5. The van der Waals surface area contributed by atoms with Crippen LogP contribution in [0.5, 0.6) is 0 Å². The van der Waals surface area contributed by atoms with E-state index in [2.05, 4.69) is 36.4 Å². The molecule has 32 heavy (non-hydrogen) atoms.